The van der Waals surface area contributed by atoms with E-state index >= 15 is 0 Å². The van der Waals surface area contributed by atoms with E-state index in [1.165, 1.54) is 10.5 Å². The quantitative estimate of drug-likeness (QED) is 0.245. The smallest absolute Gasteiger partial charge is 0.233 e. The Morgan fingerprint density at radius 1 is 1.18 bits per heavy atom. The number of amides is 2. The standard InChI is InChI=1S/C30H32INO6/c1-17(11-18-12-23(31)28(33)25(13-18)36-3)9-10-24-26-19(15-37-20-7-5-4-6-8-20)14-21-27(22(26)16-38-24)30(35)32(2)29(21)34/h4-8,11-13,21-22,24,27,33H,9-10,14-16H2,1-3H3/b17-11+/t21-,22+,24-,27-/m1/s1. The molecule has 2 saturated heterocycles. The van der Waals surface area contributed by atoms with E-state index in [9.17, 15) is 14.7 Å². The Kier molecular flexibility index (Phi) is 7.81. The van der Waals surface area contributed by atoms with E-state index in [1.54, 1.807) is 14.2 Å². The molecule has 1 aliphatic carbocycles. The number of benzene rings is 2. The molecular formula is C30H32INO6. The summed E-state index contributed by atoms with van der Waals surface area (Å²) in [7, 11) is 3.13. The number of rotatable bonds is 8. The van der Waals surface area contributed by atoms with Gasteiger partial charge in [0.2, 0.25) is 11.8 Å². The summed E-state index contributed by atoms with van der Waals surface area (Å²) in [4.78, 5) is 27.2. The lowest BCUT2D eigenvalue weighted by Crippen LogP contribution is -2.35. The number of imide groups is 1. The van der Waals surface area contributed by atoms with Crippen molar-refractivity contribution in [3.8, 4) is 17.2 Å². The summed E-state index contributed by atoms with van der Waals surface area (Å²) >= 11 is 2.10. The average molecular weight is 629 g/mol. The number of aromatic hydroxyl groups is 1. The fourth-order valence-corrected chi connectivity index (χ4v) is 6.62. The van der Waals surface area contributed by atoms with Crippen molar-refractivity contribution in [3.05, 3.63) is 68.3 Å². The van der Waals surface area contributed by atoms with Crippen LogP contribution in [0.15, 0.2) is 59.2 Å². The fraction of sp³-hybridized carbons (Fsp3) is 0.400. The lowest BCUT2D eigenvalue weighted by atomic mass is 9.69. The first-order valence-electron chi connectivity index (χ1n) is 12.8. The van der Waals surface area contributed by atoms with Crippen LogP contribution in [0.5, 0.6) is 17.2 Å². The summed E-state index contributed by atoms with van der Waals surface area (Å²) in [5.74, 6) is 0.386. The summed E-state index contributed by atoms with van der Waals surface area (Å²) in [5, 5.41) is 10.1. The highest BCUT2D eigenvalue weighted by Gasteiger charge is 2.56. The van der Waals surface area contributed by atoms with Gasteiger partial charge in [0.15, 0.2) is 11.5 Å². The molecule has 0 bridgehead atoms. The van der Waals surface area contributed by atoms with Gasteiger partial charge in [0, 0.05) is 13.0 Å². The molecule has 200 valence electrons. The third-order valence-electron chi connectivity index (χ3n) is 7.87. The maximum Gasteiger partial charge on any atom is 0.233 e. The Morgan fingerprint density at radius 2 is 1.95 bits per heavy atom. The number of phenolic OH excluding ortho intramolecular Hbond substituents is 1. The summed E-state index contributed by atoms with van der Waals surface area (Å²) in [6.07, 6.45) is 4.06. The van der Waals surface area contributed by atoms with Crippen LogP contribution in [-0.2, 0) is 14.3 Å². The predicted octanol–water partition coefficient (Wildman–Crippen LogP) is 5.21. The molecule has 2 heterocycles. The molecule has 0 radical (unpaired) electrons. The van der Waals surface area contributed by atoms with Crippen molar-refractivity contribution < 1.29 is 28.9 Å². The van der Waals surface area contributed by atoms with Crippen LogP contribution < -0.4 is 9.47 Å². The number of nitrogens with zero attached hydrogens (tertiary/aromatic N) is 1. The third kappa shape index (κ3) is 5.08. The number of ether oxygens (including phenoxy) is 3. The normalized spacial score (nSPS) is 25.1. The van der Waals surface area contributed by atoms with Crippen LogP contribution >= 0.6 is 22.6 Å². The van der Waals surface area contributed by atoms with Crippen molar-refractivity contribution in [2.24, 2.45) is 17.8 Å². The largest absolute Gasteiger partial charge is 0.504 e. The zero-order valence-corrected chi connectivity index (χ0v) is 23.9. The molecule has 0 unspecified atom stereocenters. The molecule has 38 heavy (non-hydrogen) atoms. The van der Waals surface area contributed by atoms with Crippen LogP contribution in [0.25, 0.3) is 6.08 Å². The number of phenols is 1. The van der Waals surface area contributed by atoms with Crippen molar-refractivity contribution >= 4 is 40.5 Å². The zero-order chi connectivity index (χ0) is 27.0. The van der Waals surface area contributed by atoms with E-state index in [-0.39, 0.29) is 41.4 Å². The Labute approximate surface area is 236 Å². The second-order valence-corrected chi connectivity index (χ2v) is 11.4. The van der Waals surface area contributed by atoms with Gasteiger partial charge in [-0.3, -0.25) is 14.5 Å². The molecule has 1 N–H and O–H groups in total. The maximum atomic E-state index is 13.0. The molecular weight excluding hydrogens is 597 g/mol. The first-order valence-corrected chi connectivity index (χ1v) is 13.9. The number of halogens is 1. The van der Waals surface area contributed by atoms with Crippen molar-refractivity contribution in [2.45, 2.75) is 32.3 Å². The topological polar surface area (TPSA) is 85.3 Å². The molecule has 2 aromatic carbocycles. The van der Waals surface area contributed by atoms with Gasteiger partial charge in [0.05, 0.1) is 35.2 Å². The Hall–Kier alpha value is -2.85. The molecule has 4 atom stereocenters. The predicted molar refractivity (Wildman–Crippen MR) is 152 cm³/mol. The summed E-state index contributed by atoms with van der Waals surface area (Å²) in [5.41, 5.74) is 4.36. The minimum atomic E-state index is -0.351. The molecule has 2 aromatic rings. The highest BCUT2D eigenvalue weighted by molar-refractivity contribution is 14.1. The second-order valence-electron chi connectivity index (χ2n) is 10.2. The number of methoxy groups -OCH3 is 1. The van der Waals surface area contributed by atoms with Gasteiger partial charge >= 0.3 is 0 Å². The van der Waals surface area contributed by atoms with Crippen molar-refractivity contribution in [1.82, 2.24) is 4.90 Å². The van der Waals surface area contributed by atoms with Gasteiger partial charge < -0.3 is 19.3 Å². The number of carbonyl (C=O) groups is 2. The van der Waals surface area contributed by atoms with Gasteiger partial charge in [-0.15, -0.1) is 0 Å². The molecule has 3 aliphatic rings. The van der Waals surface area contributed by atoms with Crippen LogP contribution in [0.1, 0.15) is 31.7 Å². The number of hydrogen-bond donors (Lipinski definition) is 1. The highest BCUT2D eigenvalue weighted by atomic mass is 127. The van der Waals surface area contributed by atoms with Crippen LogP contribution in [0.3, 0.4) is 0 Å². The molecule has 2 aliphatic heterocycles. The van der Waals surface area contributed by atoms with E-state index in [0.717, 1.165) is 38.9 Å². The van der Waals surface area contributed by atoms with E-state index < -0.39 is 0 Å². The van der Waals surface area contributed by atoms with Gasteiger partial charge in [-0.2, -0.15) is 0 Å². The van der Waals surface area contributed by atoms with Crippen LogP contribution in [0, 0.1) is 21.3 Å². The van der Waals surface area contributed by atoms with E-state index in [0.29, 0.717) is 25.4 Å². The van der Waals surface area contributed by atoms with Gasteiger partial charge in [0.1, 0.15) is 12.4 Å². The molecule has 2 amide bonds. The lowest BCUT2D eigenvalue weighted by Gasteiger charge is -2.31. The number of para-hydroxylation sites is 1. The number of hydrogen-bond acceptors (Lipinski definition) is 6. The number of allylic oxidation sites excluding steroid dienone is 1. The molecule has 8 heteroatoms. The Morgan fingerprint density at radius 3 is 2.68 bits per heavy atom. The number of likely N-dealkylation sites (tertiary alicyclic amines) is 1. The molecule has 7 nitrogen and oxygen atoms in total. The van der Waals surface area contributed by atoms with E-state index in [1.807, 2.05) is 42.5 Å². The van der Waals surface area contributed by atoms with Crippen molar-refractivity contribution in [2.75, 3.05) is 27.4 Å². The average Bonchev–Trinajstić information content (AvgIpc) is 3.43. The summed E-state index contributed by atoms with van der Waals surface area (Å²) < 4.78 is 18.5. The summed E-state index contributed by atoms with van der Waals surface area (Å²) in [6.45, 7) is 2.90. The van der Waals surface area contributed by atoms with Gasteiger partial charge in [-0.05, 0) is 89.8 Å². The Balaban J connectivity index is 1.37. The molecule has 2 fully saturated rings. The first-order chi connectivity index (χ1) is 18.3. The molecule has 5 rings (SSSR count). The molecule has 0 saturated carbocycles. The SMILES string of the molecule is COc1cc(/C=C(\C)CC[C@H]2OC[C@H]3C2=C(COc2ccccc2)C[C@H]2C(=O)N(C)C(=O)[C@H]23)cc(I)c1O. The van der Waals surface area contributed by atoms with Crippen LogP contribution in [0.4, 0.5) is 0 Å². The summed E-state index contributed by atoms with van der Waals surface area (Å²) in [6, 6.07) is 13.4. The monoisotopic (exact) mass is 629 g/mol. The van der Waals surface area contributed by atoms with E-state index in [2.05, 4.69) is 35.6 Å². The van der Waals surface area contributed by atoms with Gasteiger partial charge in [0.25, 0.3) is 0 Å². The second kappa shape index (κ2) is 11.1. The maximum absolute atomic E-state index is 13.0. The lowest BCUT2D eigenvalue weighted by molar-refractivity contribution is -0.138. The Bertz CT molecular complexity index is 1300. The van der Waals surface area contributed by atoms with Crippen molar-refractivity contribution in [3.63, 3.8) is 0 Å². The van der Waals surface area contributed by atoms with Crippen molar-refractivity contribution in [1.29, 1.82) is 0 Å². The number of carbonyl (C=O) groups excluding carboxylic acids is 2. The fourth-order valence-electron chi connectivity index (χ4n) is 6.00. The molecule has 0 spiro atoms. The van der Waals surface area contributed by atoms with Crippen LogP contribution in [-0.4, -0.2) is 55.3 Å². The van der Waals surface area contributed by atoms with Gasteiger partial charge in [-0.1, -0.05) is 29.8 Å². The minimum Gasteiger partial charge on any atom is -0.504 e. The zero-order valence-electron chi connectivity index (χ0n) is 21.8. The first kappa shape index (κ1) is 26.7. The minimum absolute atomic E-state index is 0.0956. The van der Waals surface area contributed by atoms with Crippen LogP contribution in [0.2, 0.25) is 0 Å². The molecule has 0 aromatic heterocycles. The number of fused-ring (bicyclic) bond motifs is 3. The van der Waals surface area contributed by atoms with Gasteiger partial charge in [-0.25, -0.2) is 0 Å². The van der Waals surface area contributed by atoms with E-state index in [4.69, 9.17) is 14.2 Å². The third-order valence-corrected chi connectivity index (χ3v) is 8.69. The highest BCUT2D eigenvalue weighted by Crippen LogP contribution is 2.49.